The van der Waals surface area contributed by atoms with E-state index in [-0.39, 0.29) is 18.0 Å². The molecule has 1 fully saturated rings. The molecule has 8 nitrogen and oxygen atoms in total. The normalized spacial score (nSPS) is 15.0. The van der Waals surface area contributed by atoms with E-state index in [4.69, 9.17) is 4.74 Å². The van der Waals surface area contributed by atoms with Crippen LogP contribution in [0.25, 0.3) is 10.9 Å². The smallest absolute Gasteiger partial charge is 0.326 e. The number of nitrogens with zero attached hydrogens (tertiary/aromatic N) is 4. The van der Waals surface area contributed by atoms with E-state index in [0.29, 0.717) is 37.1 Å². The third kappa shape index (κ3) is 4.58. The summed E-state index contributed by atoms with van der Waals surface area (Å²) in [6.07, 6.45) is 0.404. The standard InChI is InChI=1S/C23H24N4O4/c1-17(22(29)26-13-11-25(12-14-26)18-7-3-2-4-8-18)31-21(28)15-27-16-24-20-10-6-5-9-19(20)23(27)30/h2-10,16-17H,11-15H2,1H3/t17-/m1/s1. The number of esters is 1. The number of carbonyl (C=O) groups excluding carboxylic acids is 2. The molecule has 0 saturated carbocycles. The predicted octanol–water partition coefficient (Wildman–Crippen LogP) is 1.68. The van der Waals surface area contributed by atoms with Crippen molar-refractivity contribution < 1.29 is 14.3 Å². The molecule has 160 valence electrons. The summed E-state index contributed by atoms with van der Waals surface area (Å²) < 4.78 is 6.51. The van der Waals surface area contributed by atoms with Crippen molar-refractivity contribution in [1.82, 2.24) is 14.5 Å². The number of hydrogen-bond donors (Lipinski definition) is 0. The Bertz CT molecular complexity index is 1140. The topological polar surface area (TPSA) is 84.7 Å². The SMILES string of the molecule is C[C@@H](OC(=O)Cn1cnc2ccccc2c1=O)C(=O)N1CCN(c2ccccc2)CC1. The zero-order valence-corrected chi connectivity index (χ0v) is 17.3. The molecule has 1 saturated heterocycles. The highest BCUT2D eigenvalue weighted by molar-refractivity contribution is 5.84. The maximum Gasteiger partial charge on any atom is 0.326 e. The Morgan fingerprint density at radius 1 is 1.00 bits per heavy atom. The highest BCUT2D eigenvalue weighted by Gasteiger charge is 2.27. The van der Waals surface area contributed by atoms with E-state index in [1.54, 1.807) is 36.1 Å². The molecule has 0 aliphatic carbocycles. The second kappa shape index (κ2) is 8.99. The van der Waals surface area contributed by atoms with Gasteiger partial charge in [0.15, 0.2) is 6.10 Å². The van der Waals surface area contributed by atoms with Crippen molar-refractivity contribution in [3.63, 3.8) is 0 Å². The van der Waals surface area contributed by atoms with Crippen molar-refractivity contribution in [3.05, 3.63) is 71.3 Å². The number of carbonyl (C=O) groups is 2. The summed E-state index contributed by atoms with van der Waals surface area (Å²) in [5.74, 6) is -0.881. The number of ether oxygens (including phenoxy) is 1. The molecule has 3 aromatic rings. The van der Waals surface area contributed by atoms with E-state index in [2.05, 4.69) is 9.88 Å². The highest BCUT2D eigenvalue weighted by Crippen LogP contribution is 2.16. The van der Waals surface area contributed by atoms with Crippen LogP contribution in [0.3, 0.4) is 0 Å². The molecular weight excluding hydrogens is 396 g/mol. The van der Waals surface area contributed by atoms with E-state index in [1.165, 1.54) is 10.9 Å². The molecule has 0 bridgehead atoms. The Labute approximate surface area is 179 Å². The van der Waals surface area contributed by atoms with E-state index < -0.39 is 12.1 Å². The fourth-order valence-electron chi connectivity index (χ4n) is 3.72. The minimum atomic E-state index is -0.917. The summed E-state index contributed by atoms with van der Waals surface area (Å²) in [5, 5.41) is 0.429. The second-order valence-corrected chi connectivity index (χ2v) is 7.47. The number of para-hydroxylation sites is 2. The molecule has 4 rings (SSSR count). The van der Waals surface area contributed by atoms with Crippen molar-refractivity contribution in [3.8, 4) is 0 Å². The molecule has 2 aromatic carbocycles. The fraction of sp³-hybridized carbons (Fsp3) is 0.304. The molecule has 1 aliphatic rings. The van der Waals surface area contributed by atoms with Gasteiger partial charge in [-0.25, -0.2) is 4.98 Å². The van der Waals surface area contributed by atoms with Crippen LogP contribution in [0.1, 0.15) is 6.92 Å². The Kier molecular flexibility index (Phi) is 5.97. The average molecular weight is 420 g/mol. The van der Waals surface area contributed by atoms with Gasteiger partial charge in [0.1, 0.15) is 6.54 Å². The third-order valence-electron chi connectivity index (χ3n) is 5.40. The van der Waals surface area contributed by atoms with Crippen molar-refractivity contribution in [2.75, 3.05) is 31.1 Å². The number of hydrogen-bond acceptors (Lipinski definition) is 6. The lowest BCUT2D eigenvalue weighted by molar-refractivity contribution is -0.159. The molecule has 0 radical (unpaired) electrons. The lowest BCUT2D eigenvalue weighted by Crippen LogP contribution is -2.51. The zero-order valence-electron chi connectivity index (χ0n) is 17.3. The summed E-state index contributed by atoms with van der Waals surface area (Å²) >= 11 is 0. The fourth-order valence-corrected chi connectivity index (χ4v) is 3.72. The second-order valence-electron chi connectivity index (χ2n) is 7.47. The lowest BCUT2D eigenvalue weighted by atomic mass is 10.2. The minimum Gasteiger partial charge on any atom is -0.451 e. The van der Waals surface area contributed by atoms with E-state index in [1.807, 2.05) is 30.3 Å². The van der Waals surface area contributed by atoms with Gasteiger partial charge in [-0.15, -0.1) is 0 Å². The average Bonchev–Trinajstić information content (AvgIpc) is 2.81. The summed E-state index contributed by atoms with van der Waals surface area (Å²) in [7, 11) is 0. The first kappa shape index (κ1) is 20.6. The van der Waals surface area contributed by atoms with Crippen LogP contribution in [0, 0.1) is 0 Å². The molecule has 1 amide bonds. The van der Waals surface area contributed by atoms with E-state index >= 15 is 0 Å². The monoisotopic (exact) mass is 420 g/mol. The molecule has 0 N–H and O–H groups in total. The van der Waals surface area contributed by atoms with E-state index in [0.717, 1.165) is 5.69 Å². The number of rotatable bonds is 5. The molecule has 0 spiro atoms. The molecular formula is C23H24N4O4. The van der Waals surface area contributed by atoms with Crippen molar-refractivity contribution >= 4 is 28.5 Å². The van der Waals surface area contributed by atoms with Gasteiger partial charge in [0, 0.05) is 31.9 Å². The van der Waals surface area contributed by atoms with Crippen molar-refractivity contribution in [2.45, 2.75) is 19.6 Å². The first-order chi connectivity index (χ1) is 15.0. The van der Waals surface area contributed by atoms with Gasteiger partial charge >= 0.3 is 5.97 Å². The van der Waals surface area contributed by atoms with Crippen molar-refractivity contribution in [2.24, 2.45) is 0 Å². The van der Waals surface area contributed by atoms with Gasteiger partial charge in [0.05, 0.1) is 17.2 Å². The summed E-state index contributed by atoms with van der Waals surface area (Å²) in [6, 6.07) is 17.0. The van der Waals surface area contributed by atoms with Crippen LogP contribution >= 0.6 is 0 Å². The molecule has 1 aromatic heterocycles. The predicted molar refractivity (Wildman–Crippen MR) is 117 cm³/mol. The third-order valence-corrected chi connectivity index (χ3v) is 5.40. The lowest BCUT2D eigenvalue weighted by Gasteiger charge is -2.37. The van der Waals surface area contributed by atoms with Gasteiger partial charge < -0.3 is 14.5 Å². The summed E-state index contributed by atoms with van der Waals surface area (Å²) in [5.41, 5.74) is 1.37. The Morgan fingerprint density at radius 2 is 1.68 bits per heavy atom. The van der Waals surface area contributed by atoms with Crippen LogP contribution in [-0.2, 0) is 20.9 Å². The van der Waals surface area contributed by atoms with Crippen LogP contribution in [0.2, 0.25) is 0 Å². The van der Waals surface area contributed by atoms with E-state index in [9.17, 15) is 14.4 Å². The van der Waals surface area contributed by atoms with Crippen LogP contribution in [0.5, 0.6) is 0 Å². The van der Waals surface area contributed by atoms with Gasteiger partial charge in [0.2, 0.25) is 0 Å². The van der Waals surface area contributed by atoms with Gasteiger partial charge in [0.25, 0.3) is 11.5 Å². The number of fused-ring (bicyclic) bond motifs is 1. The quantitative estimate of drug-likeness (QED) is 0.584. The minimum absolute atomic E-state index is 0.231. The number of aromatic nitrogens is 2. The van der Waals surface area contributed by atoms with Crippen molar-refractivity contribution in [1.29, 1.82) is 0 Å². The zero-order chi connectivity index (χ0) is 21.8. The Balaban J connectivity index is 1.32. The number of benzene rings is 2. The largest absolute Gasteiger partial charge is 0.451 e. The van der Waals surface area contributed by atoms with Crippen LogP contribution in [0.15, 0.2) is 65.7 Å². The van der Waals surface area contributed by atoms with Gasteiger partial charge in [-0.3, -0.25) is 19.0 Å². The first-order valence-corrected chi connectivity index (χ1v) is 10.3. The molecule has 8 heteroatoms. The molecule has 1 aliphatic heterocycles. The Morgan fingerprint density at radius 3 is 2.42 bits per heavy atom. The Hall–Kier alpha value is -3.68. The molecule has 2 heterocycles. The molecule has 1 atom stereocenters. The summed E-state index contributed by atoms with van der Waals surface area (Å²) in [6.45, 7) is 3.82. The van der Waals surface area contributed by atoms with Gasteiger partial charge in [-0.05, 0) is 31.2 Å². The number of amides is 1. The van der Waals surface area contributed by atoms with Crippen LogP contribution < -0.4 is 10.5 Å². The number of piperazine rings is 1. The van der Waals surface area contributed by atoms with Crippen LogP contribution in [-0.4, -0.2) is 58.6 Å². The molecule has 31 heavy (non-hydrogen) atoms. The molecule has 0 unspecified atom stereocenters. The van der Waals surface area contributed by atoms with Gasteiger partial charge in [-0.2, -0.15) is 0 Å². The summed E-state index contributed by atoms with van der Waals surface area (Å²) in [4.78, 5) is 45.7. The van der Waals surface area contributed by atoms with Gasteiger partial charge in [-0.1, -0.05) is 30.3 Å². The van der Waals surface area contributed by atoms with Crippen LogP contribution in [0.4, 0.5) is 5.69 Å². The first-order valence-electron chi connectivity index (χ1n) is 10.3. The maximum atomic E-state index is 12.7. The number of anilines is 1. The highest BCUT2D eigenvalue weighted by atomic mass is 16.5. The maximum absolute atomic E-state index is 12.7.